The van der Waals surface area contributed by atoms with Crippen LogP contribution in [0.2, 0.25) is 0 Å². The Hall–Kier alpha value is -2.28. The van der Waals surface area contributed by atoms with E-state index in [2.05, 4.69) is 0 Å². The van der Waals surface area contributed by atoms with Crippen LogP contribution in [0.4, 0.5) is 0 Å². The van der Waals surface area contributed by atoms with Crippen molar-refractivity contribution in [3.63, 3.8) is 0 Å². The molecule has 2 aliphatic heterocycles. The summed E-state index contributed by atoms with van der Waals surface area (Å²) in [5.41, 5.74) is 0.900. The van der Waals surface area contributed by atoms with E-state index in [1.165, 1.54) is 7.11 Å². The Labute approximate surface area is 128 Å². The average molecular weight is 306 g/mol. The van der Waals surface area contributed by atoms with Gasteiger partial charge in [0.2, 0.25) is 12.7 Å². The van der Waals surface area contributed by atoms with E-state index in [1.54, 1.807) is 11.9 Å². The fourth-order valence-electron chi connectivity index (χ4n) is 2.72. The molecule has 0 N–H and O–H groups in total. The normalized spacial score (nSPS) is 19.6. The largest absolute Gasteiger partial charge is 0.454 e. The van der Waals surface area contributed by atoms with Gasteiger partial charge in [0.15, 0.2) is 11.5 Å². The molecule has 1 saturated heterocycles. The van der Waals surface area contributed by atoms with Gasteiger partial charge in [-0.25, -0.2) is 5.06 Å². The number of hydrogen-bond acceptors (Lipinski definition) is 5. The Balaban J connectivity index is 1.77. The van der Waals surface area contributed by atoms with Gasteiger partial charge < -0.3 is 14.4 Å². The Morgan fingerprint density at radius 2 is 2.18 bits per heavy atom. The van der Waals surface area contributed by atoms with Crippen LogP contribution in [0.1, 0.15) is 18.4 Å². The van der Waals surface area contributed by atoms with Gasteiger partial charge in [-0.3, -0.25) is 14.4 Å². The van der Waals surface area contributed by atoms with E-state index in [0.717, 1.165) is 10.6 Å². The fourth-order valence-corrected chi connectivity index (χ4v) is 2.72. The van der Waals surface area contributed by atoms with E-state index in [-0.39, 0.29) is 18.6 Å². The molecule has 0 radical (unpaired) electrons. The van der Waals surface area contributed by atoms with E-state index in [0.29, 0.717) is 30.9 Å². The van der Waals surface area contributed by atoms with E-state index < -0.39 is 6.04 Å². The lowest BCUT2D eigenvalue weighted by molar-refractivity contribution is -0.174. The molecular formula is C15H18N2O5. The van der Waals surface area contributed by atoms with Crippen molar-refractivity contribution in [1.29, 1.82) is 0 Å². The van der Waals surface area contributed by atoms with E-state index in [9.17, 15) is 9.59 Å². The lowest BCUT2D eigenvalue weighted by Gasteiger charge is -2.27. The average Bonchev–Trinajstić information content (AvgIpc) is 3.13. The number of amides is 2. The molecule has 0 aliphatic carbocycles. The quantitative estimate of drug-likeness (QED) is 0.774. The summed E-state index contributed by atoms with van der Waals surface area (Å²) in [5.74, 6) is 1.12. The lowest BCUT2D eigenvalue weighted by Crippen LogP contribution is -2.44. The lowest BCUT2D eigenvalue weighted by atomic mass is 10.1. The number of likely N-dealkylation sites (N-methyl/N-ethyl adjacent to an activating group) is 1. The van der Waals surface area contributed by atoms with E-state index in [1.807, 2.05) is 18.2 Å². The summed E-state index contributed by atoms with van der Waals surface area (Å²) in [4.78, 5) is 30.9. The second kappa shape index (κ2) is 5.84. The minimum atomic E-state index is -0.483. The van der Waals surface area contributed by atoms with Gasteiger partial charge in [0, 0.05) is 20.0 Å². The van der Waals surface area contributed by atoms with Crippen LogP contribution in [0, 0.1) is 0 Å². The maximum atomic E-state index is 12.3. The third-order valence-corrected chi connectivity index (χ3v) is 3.99. The minimum absolute atomic E-state index is 0.0273. The minimum Gasteiger partial charge on any atom is -0.454 e. The predicted octanol–water partition coefficient (Wildman–Crippen LogP) is 0.926. The first-order valence-electron chi connectivity index (χ1n) is 7.10. The van der Waals surface area contributed by atoms with Crippen LogP contribution in [0.25, 0.3) is 0 Å². The Morgan fingerprint density at radius 3 is 2.95 bits per heavy atom. The summed E-state index contributed by atoms with van der Waals surface area (Å²) >= 11 is 0. The van der Waals surface area contributed by atoms with Crippen LogP contribution in [0.15, 0.2) is 18.2 Å². The molecule has 2 amide bonds. The molecule has 0 saturated carbocycles. The molecule has 2 heterocycles. The number of hydrogen-bond donors (Lipinski definition) is 0. The summed E-state index contributed by atoms with van der Waals surface area (Å²) in [6, 6.07) is 5.05. The van der Waals surface area contributed by atoms with Gasteiger partial charge in [0.05, 0.1) is 7.11 Å². The second-order valence-electron chi connectivity index (χ2n) is 5.28. The number of rotatable bonds is 4. The second-order valence-corrected chi connectivity index (χ2v) is 5.28. The number of ether oxygens (including phenoxy) is 2. The zero-order chi connectivity index (χ0) is 15.7. The number of carbonyl (C=O) groups excluding carboxylic acids is 2. The molecule has 0 aromatic heterocycles. The summed E-state index contributed by atoms with van der Waals surface area (Å²) in [6.07, 6.45) is 0.883. The topological polar surface area (TPSA) is 68.3 Å². The van der Waals surface area contributed by atoms with Gasteiger partial charge in [-0.15, -0.1) is 0 Å². The highest BCUT2D eigenvalue weighted by atomic mass is 16.7. The van der Waals surface area contributed by atoms with Crippen molar-refractivity contribution in [2.75, 3.05) is 21.0 Å². The number of hydroxylamine groups is 2. The van der Waals surface area contributed by atoms with Crippen molar-refractivity contribution in [3.8, 4) is 11.5 Å². The smallest absolute Gasteiger partial charge is 0.268 e. The number of fused-ring (bicyclic) bond motifs is 1. The highest BCUT2D eigenvalue weighted by Gasteiger charge is 2.37. The fraction of sp³-hybridized carbons (Fsp3) is 0.467. The zero-order valence-corrected chi connectivity index (χ0v) is 12.6. The molecule has 7 nitrogen and oxygen atoms in total. The van der Waals surface area contributed by atoms with Gasteiger partial charge in [-0.1, -0.05) is 6.07 Å². The molecule has 1 fully saturated rings. The number of likely N-dealkylation sites (tertiary alicyclic amines) is 1. The van der Waals surface area contributed by atoms with E-state index in [4.69, 9.17) is 14.3 Å². The Morgan fingerprint density at radius 1 is 1.41 bits per heavy atom. The number of benzene rings is 1. The molecule has 1 aromatic carbocycles. The first-order valence-corrected chi connectivity index (χ1v) is 7.10. The van der Waals surface area contributed by atoms with Crippen LogP contribution in [0.5, 0.6) is 11.5 Å². The third kappa shape index (κ3) is 2.59. The van der Waals surface area contributed by atoms with Crippen molar-refractivity contribution in [3.05, 3.63) is 23.8 Å². The molecule has 3 rings (SSSR count). The van der Waals surface area contributed by atoms with Gasteiger partial charge in [-0.05, 0) is 24.1 Å². The first kappa shape index (κ1) is 14.6. The predicted molar refractivity (Wildman–Crippen MR) is 75.9 cm³/mol. The van der Waals surface area contributed by atoms with Crippen LogP contribution >= 0.6 is 0 Å². The molecule has 118 valence electrons. The van der Waals surface area contributed by atoms with Crippen molar-refractivity contribution >= 4 is 11.8 Å². The standard InChI is InChI=1S/C15H18N2O5/c1-16(20-2)15(19)11-4-6-14(18)17(11)8-10-3-5-12-13(7-10)22-9-21-12/h3,5,7,11H,4,6,8-9H2,1-2H3. The monoisotopic (exact) mass is 306 g/mol. The molecule has 1 unspecified atom stereocenters. The molecular weight excluding hydrogens is 288 g/mol. The highest BCUT2D eigenvalue weighted by molar-refractivity contribution is 5.90. The van der Waals surface area contributed by atoms with Gasteiger partial charge in [0.25, 0.3) is 5.91 Å². The maximum absolute atomic E-state index is 12.3. The number of carbonyl (C=O) groups is 2. The molecule has 2 aliphatic rings. The summed E-state index contributed by atoms with van der Waals surface area (Å²) in [6.45, 7) is 0.574. The van der Waals surface area contributed by atoms with Crippen LogP contribution < -0.4 is 9.47 Å². The van der Waals surface area contributed by atoms with E-state index >= 15 is 0 Å². The van der Waals surface area contributed by atoms with Crippen molar-refractivity contribution in [2.45, 2.75) is 25.4 Å². The highest BCUT2D eigenvalue weighted by Crippen LogP contribution is 2.33. The molecule has 0 spiro atoms. The van der Waals surface area contributed by atoms with Crippen LogP contribution in [-0.4, -0.2) is 48.8 Å². The molecule has 7 heteroatoms. The maximum Gasteiger partial charge on any atom is 0.268 e. The zero-order valence-electron chi connectivity index (χ0n) is 12.6. The van der Waals surface area contributed by atoms with Gasteiger partial charge >= 0.3 is 0 Å². The van der Waals surface area contributed by atoms with Crippen LogP contribution in [-0.2, 0) is 21.0 Å². The molecule has 22 heavy (non-hydrogen) atoms. The van der Waals surface area contributed by atoms with Gasteiger partial charge in [-0.2, -0.15) is 0 Å². The van der Waals surface area contributed by atoms with Crippen molar-refractivity contribution < 1.29 is 23.9 Å². The summed E-state index contributed by atoms with van der Waals surface area (Å²) in [5, 5.41) is 1.16. The molecule has 1 atom stereocenters. The third-order valence-electron chi connectivity index (χ3n) is 3.99. The Bertz CT molecular complexity index is 604. The van der Waals surface area contributed by atoms with Crippen molar-refractivity contribution in [2.24, 2.45) is 0 Å². The number of nitrogens with zero attached hydrogens (tertiary/aromatic N) is 2. The Kier molecular flexibility index (Phi) is 3.89. The van der Waals surface area contributed by atoms with Gasteiger partial charge in [0.1, 0.15) is 6.04 Å². The summed E-state index contributed by atoms with van der Waals surface area (Å²) in [7, 11) is 2.97. The molecule has 1 aromatic rings. The summed E-state index contributed by atoms with van der Waals surface area (Å²) < 4.78 is 10.6. The SMILES string of the molecule is CON(C)C(=O)C1CCC(=O)N1Cc1ccc2c(c1)OCO2. The molecule has 0 bridgehead atoms. The van der Waals surface area contributed by atoms with Crippen LogP contribution in [0.3, 0.4) is 0 Å². The first-order chi connectivity index (χ1) is 10.6. The van der Waals surface area contributed by atoms with Crippen molar-refractivity contribution in [1.82, 2.24) is 9.96 Å².